The van der Waals surface area contributed by atoms with Crippen molar-refractivity contribution in [1.82, 2.24) is 4.90 Å². The number of rotatable bonds is 9. The molecule has 1 aliphatic rings. The lowest BCUT2D eigenvalue weighted by molar-refractivity contribution is 0.158. The molecule has 0 aromatic heterocycles. The van der Waals surface area contributed by atoms with Gasteiger partial charge in [-0.15, -0.1) is 0 Å². The van der Waals surface area contributed by atoms with Gasteiger partial charge >= 0.3 is 6.09 Å². The number of nitrogens with one attached hydrogen (secondary N) is 1. The molecule has 0 saturated heterocycles. The zero-order chi connectivity index (χ0) is 21.3. The molecule has 30 heavy (non-hydrogen) atoms. The number of carbonyl (C=O) groups is 1. The number of hydrogen-bond donors (Lipinski definition) is 1. The van der Waals surface area contributed by atoms with Crippen LogP contribution in [0.25, 0.3) is 0 Å². The van der Waals surface area contributed by atoms with Gasteiger partial charge in [0.15, 0.2) is 11.5 Å². The summed E-state index contributed by atoms with van der Waals surface area (Å²) in [5.41, 5.74) is 3.42. The molecule has 1 aliphatic heterocycles. The van der Waals surface area contributed by atoms with Gasteiger partial charge in [-0.1, -0.05) is 24.6 Å². The number of anilines is 1. The topological polar surface area (TPSA) is 60.0 Å². The molecule has 0 radical (unpaired) electrons. The van der Waals surface area contributed by atoms with Crippen molar-refractivity contribution < 1.29 is 19.0 Å². The fourth-order valence-corrected chi connectivity index (χ4v) is 3.99. The molecule has 1 amide bonds. The third-order valence-corrected chi connectivity index (χ3v) is 5.65. The van der Waals surface area contributed by atoms with Gasteiger partial charge in [0.1, 0.15) is 0 Å². The number of methoxy groups -OCH3 is 2. The van der Waals surface area contributed by atoms with Gasteiger partial charge in [-0.3, -0.25) is 10.2 Å². The smallest absolute Gasteiger partial charge is 0.411 e. The first kappa shape index (κ1) is 22.0. The summed E-state index contributed by atoms with van der Waals surface area (Å²) in [6.07, 6.45) is 4.64. The number of ether oxygens (including phenoxy) is 3. The van der Waals surface area contributed by atoms with Gasteiger partial charge in [0.05, 0.1) is 20.8 Å². The molecule has 2 aromatic rings. The fraction of sp³-hybridized carbons (Fsp3) is 0.458. The van der Waals surface area contributed by atoms with E-state index in [0.717, 1.165) is 55.8 Å². The highest BCUT2D eigenvalue weighted by Gasteiger charge is 2.26. The molecule has 2 aromatic carbocycles. The summed E-state index contributed by atoms with van der Waals surface area (Å²) in [5, 5.41) is 2.73. The fourth-order valence-electron chi connectivity index (χ4n) is 3.99. The zero-order valence-corrected chi connectivity index (χ0v) is 18.1. The summed E-state index contributed by atoms with van der Waals surface area (Å²) in [4.78, 5) is 14.2. The van der Waals surface area contributed by atoms with Crippen molar-refractivity contribution in [1.29, 1.82) is 0 Å². The third kappa shape index (κ3) is 5.66. The van der Waals surface area contributed by atoms with E-state index in [0.29, 0.717) is 12.6 Å². The molecule has 3 rings (SSSR count). The number of carbonyl (C=O) groups excluding carboxylic acids is 1. The molecule has 0 aliphatic carbocycles. The molecule has 1 heterocycles. The molecule has 1 atom stereocenters. The summed E-state index contributed by atoms with van der Waals surface area (Å²) in [5.74, 6) is 1.58. The second kappa shape index (κ2) is 10.9. The van der Waals surface area contributed by atoms with E-state index >= 15 is 0 Å². The number of fused-ring (bicyclic) bond motifs is 1. The van der Waals surface area contributed by atoms with Gasteiger partial charge in [-0.05, 0) is 68.1 Å². The van der Waals surface area contributed by atoms with Gasteiger partial charge in [0, 0.05) is 18.3 Å². The van der Waals surface area contributed by atoms with Crippen molar-refractivity contribution in [2.24, 2.45) is 0 Å². The van der Waals surface area contributed by atoms with Crippen LogP contribution in [0, 0.1) is 0 Å². The first-order valence-electron chi connectivity index (χ1n) is 10.6. The maximum Gasteiger partial charge on any atom is 0.411 e. The van der Waals surface area contributed by atoms with Crippen LogP contribution in [-0.2, 0) is 11.2 Å². The van der Waals surface area contributed by atoms with Crippen LogP contribution >= 0.6 is 0 Å². The Morgan fingerprint density at radius 3 is 2.53 bits per heavy atom. The number of likely N-dealkylation sites (N-methyl/N-ethyl adjacent to an activating group) is 1. The van der Waals surface area contributed by atoms with E-state index in [1.807, 2.05) is 30.3 Å². The van der Waals surface area contributed by atoms with Crippen LogP contribution in [0.5, 0.6) is 11.5 Å². The number of amides is 1. The minimum atomic E-state index is -0.400. The lowest BCUT2D eigenvalue weighted by Gasteiger charge is -2.35. The molecule has 0 fully saturated rings. The van der Waals surface area contributed by atoms with Gasteiger partial charge in [-0.25, -0.2) is 4.79 Å². The van der Waals surface area contributed by atoms with Crippen molar-refractivity contribution in [3.05, 3.63) is 53.6 Å². The average molecular weight is 413 g/mol. The van der Waals surface area contributed by atoms with Crippen LogP contribution in [-0.4, -0.2) is 45.4 Å². The maximum atomic E-state index is 11.8. The summed E-state index contributed by atoms with van der Waals surface area (Å²) in [6.45, 7) is 1.47. The van der Waals surface area contributed by atoms with E-state index in [4.69, 9.17) is 14.2 Å². The highest BCUT2D eigenvalue weighted by molar-refractivity contribution is 5.84. The minimum absolute atomic E-state index is 0.371. The van der Waals surface area contributed by atoms with Crippen molar-refractivity contribution in [3.8, 4) is 11.5 Å². The number of unbranched alkanes of at least 4 members (excludes halogenated alkanes) is 2. The molecule has 162 valence electrons. The van der Waals surface area contributed by atoms with Gasteiger partial charge < -0.3 is 14.2 Å². The molecular weight excluding hydrogens is 380 g/mol. The van der Waals surface area contributed by atoms with E-state index in [-0.39, 0.29) is 0 Å². The van der Waals surface area contributed by atoms with Crippen molar-refractivity contribution in [3.63, 3.8) is 0 Å². The lowest BCUT2D eigenvalue weighted by atomic mass is 9.89. The number of benzene rings is 2. The zero-order valence-electron chi connectivity index (χ0n) is 18.1. The highest BCUT2D eigenvalue weighted by Crippen LogP contribution is 2.39. The molecule has 6 nitrogen and oxygen atoms in total. The molecular formula is C24H32N2O4. The van der Waals surface area contributed by atoms with Gasteiger partial charge in [0.2, 0.25) is 0 Å². The van der Waals surface area contributed by atoms with Gasteiger partial charge in [0.25, 0.3) is 0 Å². The first-order valence-corrected chi connectivity index (χ1v) is 10.6. The number of nitrogens with zero attached hydrogens (tertiary/aromatic N) is 1. The monoisotopic (exact) mass is 412 g/mol. The van der Waals surface area contributed by atoms with E-state index in [2.05, 4.69) is 29.4 Å². The molecule has 6 heteroatoms. The average Bonchev–Trinajstić information content (AvgIpc) is 2.77. The first-order chi connectivity index (χ1) is 14.6. The summed E-state index contributed by atoms with van der Waals surface area (Å²) >= 11 is 0. The molecule has 0 bridgehead atoms. The Morgan fingerprint density at radius 2 is 1.80 bits per heavy atom. The molecule has 0 spiro atoms. The second-order valence-corrected chi connectivity index (χ2v) is 7.63. The summed E-state index contributed by atoms with van der Waals surface area (Å²) in [7, 11) is 5.54. The summed E-state index contributed by atoms with van der Waals surface area (Å²) in [6, 6.07) is 14.0. The normalized spacial score (nSPS) is 15.9. The van der Waals surface area contributed by atoms with Crippen molar-refractivity contribution in [2.75, 3.05) is 39.7 Å². The van der Waals surface area contributed by atoms with Crippen LogP contribution in [0.4, 0.5) is 10.5 Å². The lowest BCUT2D eigenvalue weighted by Crippen LogP contribution is -2.32. The van der Waals surface area contributed by atoms with Crippen molar-refractivity contribution in [2.45, 2.75) is 38.1 Å². The molecule has 1 N–H and O–H groups in total. The number of para-hydroxylation sites is 1. The Bertz CT molecular complexity index is 825. The van der Waals surface area contributed by atoms with E-state index < -0.39 is 6.09 Å². The third-order valence-electron chi connectivity index (χ3n) is 5.65. The van der Waals surface area contributed by atoms with Gasteiger partial charge in [-0.2, -0.15) is 0 Å². The second-order valence-electron chi connectivity index (χ2n) is 7.63. The Labute approximate surface area is 179 Å². The van der Waals surface area contributed by atoms with E-state index in [1.165, 1.54) is 11.1 Å². The largest absolute Gasteiger partial charge is 0.493 e. The van der Waals surface area contributed by atoms with Crippen LogP contribution in [0.3, 0.4) is 0 Å². The quantitative estimate of drug-likeness (QED) is 0.585. The Morgan fingerprint density at radius 1 is 1.07 bits per heavy atom. The Kier molecular flexibility index (Phi) is 7.97. The summed E-state index contributed by atoms with van der Waals surface area (Å²) < 4.78 is 16.3. The molecule has 0 saturated carbocycles. The standard InChI is InChI=1S/C24H32N2O4/c1-26-14-13-18-16-22(28-2)23(29-3)17-20(18)21(26)12-8-5-9-15-30-24(27)25-19-10-6-4-7-11-19/h4,6-7,10-11,16-17,21H,5,8-9,12-15H2,1-3H3,(H,25,27). The Hall–Kier alpha value is -2.73. The van der Waals surface area contributed by atoms with E-state index in [1.54, 1.807) is 14.2 Å². The minimum Gasteiger partial charge on any atom is -0.493 e. The van der Waals surface area contributed by atoms with Crippen LogP contribution in [0.1, 0.15) is 42.9 Å². The van der Waals surface area contributed by atoms with Crippen LogP contribution in [0.15, 0.2) is 42.5 Å². The van der Waals surface area contributed by atoms with Crippen molar-refractivity contribution >= 4 is 11.8 Å². The van der Waals surface area contributed by atoms with Crippen LogP contribution in [0.2, 0.25) is 0 Å². The number of hydrogen-bond acceptors (Lipinski definition) is 5. The maximum absolute atomic E-state index is 11.8. The SMILES string of the molecule is COc1cc2c(cc1OC)C(CCCCCOC(=O)Nc1ccccc1)N(C)CC2. The highest BCUT2D eigenvalue weighted by atomic mass is 16.5. The predicted octanol–water partition coefficient (Wildman–Crippen LogP) is 5.04. The molecule has 1 unspecified atom stereocenters. The Balaban J connectivity index is 1.44. The predicted molar refractivity (Wildman–Crippen MR) is 119 cm³/mol. The van der Waals surface area contributed by atoms with E-state index in [9.17, 15) is 4.79 Å². The van der Waals surface area contributed by atoms with Crippen LogP contribution < -0.4 is 14.8 Å².